The Morgan fingerprint density at radius 1 is 0.889 bits per heavy atom. The van der Waals surface area contributed by atoms with Crippen LogP contribution >= 0.6 is 0 Å². The molecular formula is C38H33F5N6O5. The van der Waals surface area contributed by atoms with Gasteiger partial charge in [0.1, 0.15) is 22.6 Å². The van der Waals surface area contributed by atoms with Crippen molar-refractivity contribution in [3.8, 4) is 0 Å². The van der Waals surface area contributed by atoms with Crippen LogP contribution < -0.4 is 16.0 Å². The van der Waals surface area contributed by atoms with E-state index in [2.05, 4.69) is 26.0 Å². The normalized spacial score (nSPS) is 14.1. The number of hydrogen-bond donors (Lipinski definition) is 3. The van der Waals surface area contributed by atoms with Gasteiger partial charge in [-0.2, -0.15) is 18.3 Å². The smallest absolute Gasteiger partial charge is 0.416 e. The fourth-order valence-electron chi connectivity index (χ4n) is 6.08. The number of carbonyl (C=O) groups excluding carboxylic acids is 4. The molecule has 1 aliphatic carbocycles. The molecule has 0 saturated heterocycles. The van der Waals surface area contributed by atoms with Crippen LogP contribution in [-0.4, -0.2) is 43.9 Å². The summed E-state index contributed by atoms with van der Waals surface area (Å²) in [5.74, 6) is -5.03. The van der Waals surface area contributed by atoms with Crippen molar-refractivity contribution in [2.45, 2.75) is 64.9 Å². The van der Waals surface area contributed by atoms with Gasteiger partial charge in [-0.15, -0.1) is 0 Å². The van der Waals surface area contributed by atoms with Crippen molar-refractivity contribution >= 4 is 35.0 Å². The third-order valence-electron chi connectivity index (χ3n) is 8.71. The molecule has 1 atom stereocenters. The highest BCUT2D eigenvalue weighted by atomic mass is 19.4. The van der Waals surface area contributed by atoms with Crippen molar-refractivity contribution in [3.05, 3.63) is 129 Å². The number of benzene rings is 3. The summed E-state index contributed by atoms with van der Waals surface area (Å²) in [7, 11) is 0. The largest absolute Gasteiger partial charge is 0.456 e. The molecule has 5 aromatic rings. The van der Waals surface area contributed by atoms with Crippen LogP contribution in [0.25, 0.3) is 5.65 Å². The van der Waals surface area contributed by atoms with E-state index in [1.165, 1.54) is 6.07 Å². The van der Waals surface area contributed by atoms with Crippen molar-refractivity contribution in [1.82, 2.24) is 25.2 Å². The number of halogens is 5. The van der Waals surface area contributed by atoms with E-state index >= 15 is 0 Å². The SMILES string of the molecule is Cc1c(C(=O)OC(C)(C)C)ccc2c1CC[C@@H]2NC(=O)c1cc(C(=O)NCc2ccc(F)c(F)c2)nc2c(C(=O)Nc3ccc(C(F)(F)F)cc3)cnn12. The van der Waals surface area contributed by atoms with Gasteiger partial charge in [0.25, 0.3) is 17.7 Å². The minimum atomic E-state index is -4.59. The summed E-state index contributed by atoms with van der Waals surface area (Å²) in [5.41, 5.74) is 0.460. The highest BCUT2D eigenvalue weighted by Gasteiger charge is 2.32. The lowest BCUT2D eigenvalue weighted by molar-refractivity contribution is -0.137. The summed E-state index contributed by atoms with van der Waals surface area (Å²) in [6.45, 7) is 6.87. The third-order valence-corrected chi connectivity index (χ3v) is 8.71. The van der Waals surface area contributed by atoms with E-state index in [9.17, 15) is 41.1 Å². The second-order valence-electron chi connectivity index (χ2n) is 13.7. The monoisotopic (exact) mass is 748 g/mol. The first-order chi connectivity index (χ1) is 25.4. The van der Waals surface area contributed by atoms with E-state index in [0.717, 1.165) is 69.9 Å². The van der Waals surface area contributed by atoms with Crippen LogP contribution in [0.2, 0.25) is 0 Å². The number of rotatable bonds is 8. The van der Waals surface area contributed by atoms with Crippen LogP contribution in [0.3, 0.4) is 0 Å². The summed E-state index contributed by atoms with van der Waals surface area (Å²) in [5, 5.41) is 12.1. The molecule has 3 aromatic carbocycles. The van der Waals surface area contributed by atoms with Gasteiger partial charge in [0, 0.05) is 18.3 Å². The van der Waals surface area contributed by atoms with Crippen LogP contribution in [0.4, 0.5) is 27.6 Å². The fraction of sp³-hybridized carbons (Fsp3) is 0.263. The Labute approximate surface area is 304 Å². The summed E-state index contributed by atoms with van der Waals surface area (Å²) >= 11 is 0. The molecular weight excluding hydrogens is 715 g/mol. The molecule has 0 radical (unpaired) electrons. The summed E-state index contributed by atoms with van der Waals surface area (Å²) in [4.78, 5) is 57.9. The third kappa shape index (κ3) is 7.91. The molecule has 3 amide bonds. The molecule has 6 rings (SSSR count). The average molecular weight is 749 g/mol. The van der Waals surface area contributed by atoms with Crippen LogP contribution in [0, 0.1) is 18.6 Å². The molecule has 1 aliphatic rings. The van der Waals surface area contributed by atoms with E-state index in [4.69, 9.17) is 4.74 Å². The first kappa shape index (κ1) is 37.6. The maximum atomic E-state index is 14.0. The molecule has 0 saturated carbocycles. The first-order valence-electron chi connectivity index (χ1n) is 16.7. The van der Waals surface area contributed by atoms with Crippen molar-refractivity contribution in [1.29, 1.82) is 0 Å². The molecule has 2 aromatic heterocycles. The number of nitrogens with one attached hydrogen (secondary N) is 3. The number of hydrogen-bond acceptors (Lipinski definition) is 7. The fourth-order valence-corrected chi connectivity index (χ4v) is 6.08. The zero-order chi connectivity index (χ0) is 39.1. The van der Waals surface area contributed by atoms with Crippen LogP contribution in [0.15, 0.2) is 66.9 Å². The van der Waals surface area contributed by atoms with Crippen molar-refractivity contribution < 1.29 is 45.9 Å². The Morgan fingerprint density at radius 3 is 2.28 bits per heavy atom. The molecule has 2 heterocycles. The number of nitrogens with zero attached hydrogens (tertiary/aromatic N) is 3. The van der Waals surface area contributed by atoms with Crippen LogP contribution in [0.1, 0.15) is 103 Å². The Bertz CT molecular complexity index is 2320. The summed E-state index contributed by atoms with van der Waals surface area (Å²) < 4.78 is 73.0. The number of fused-ring (bicyclic) bond motifs is 2. The highest BCUT2D eigenvalue weighted by Crippen LogP contribution is 2.36. The molecule has 0 unspecified atom stereocenters. The lowest BCUT2D eigenvalue weighted by Crippen LogP contribution is -2.31. The zero-order valence-corrected chi connectivity index (χ0v) is 29.3. The number of alkyl halides is 3. The van der Waals surface area contributed by atoms with Gasteiger partial charge in [0.2, 0.25) is 0 Å². The summed E-state index contributed by atoms with van der Waals surface area (Å²) in [6, 6.07) is 10.8. The molecule has 11 nitrogen and oxygen atoms in total. The predicted octanol–water partition coefficient (Wildman–Crippen LogP) is 6.89. The molecule has 3 N–H and O–H groups in total. The number of anilines is 1. The topological polar surface area (TPSA) is 144 Å². The Hall–Kier alpha value is -6.19. The number of carbonyl (C=O) groups is 4. The van der Waals surface area contributed by atoms with Gasteiger partial charge in [-0.3, -0.25) is 14.4 Å². The molecule has 0 aliphatic heterocycles. The van der Waals surface area contributed by atoms with Crippen LogP contribution in [-0.2, 0) is 23.9 Å². The molecule has 280 valence electrons. The minimum absolute atomic E-state index is 0.0239. The minimum Gasteiger partial charge on any atom is -0.456 e. The first-order valence-corrected chi connectivity index (χ1v) is 16.7. The Morgan fingerprint density at radius 2 is 1.61 bits per heavy atom. The molecule has 0 spiro atoms. The molecule has 0 bridgehead atoms. The summed E-state index contributed by atoms with van der Waals surface area (Å²) in [6.07, 6.45) is -2.47. The number of amides is 3. The van der Waals surface area contributed by atoms with Gasteiger partial charge in [0.05, 0.1) is 23.4 Å². The maximum absolute atomic E-state index is 14.0. The molecule has 54 heavy (non-hydrogen) atoms. The van der Waals surface area contributed by atoms with Gasteiger partial charge in [-0.05, 0) is 105 Å². The van der Waals surface area contributed by atoms with Crippen molar-refractivity contribution in [3.63, 3.8) is 0 Å². The van der Waals surface area contributed by atoms with E-state index in [-0.39, 0.29) is 40.4 Å². The van der Waals surface area contributed by atoms with Crippen LogP contribution in [0.5, 0.6) is 0 Å². The lowest BCUT2D eigenvalue weighted by atomic mass is 9.97. The van der Waals surface area contributed by atoms with Crippen molar-refractivity contribution in [2.24, 2.45) is 0 Å². The lowest BCUT2D eigenvalue weighted by Gasteiger charge is -2.21. The van der Waals surface area contributed by atoms with E-state index in [1.807, 2.05) is 0 Å². The number of ether oxygens (including phenoxy) is 1. The van der Waals surface area contributed by atoms with Crippen molar-refractivity contribution in [2.75, 3.05) is 5.32 Å². The zero-order valence-electron chi connectivity index (χ0n) is 29.3. The predicted molar refractivity (Wildman–Crippen MR) is 185 cm³/mol. The van der Waals surface area contributed by atoms with E-state index in [1.54, 1.807) is 39.8 Å². The highest BCUT2D eigenvalue weighted by molar-refractivity contribution is 6.09. The Kier molecular flexibility index (Phi) is 9.96. The Balaban J connectivity index is 1.31. The molecule has 16 heteroatoms. The molecule has 0 fully saturated rings. The van der Waals surface area contributed by atoms with E-state index in [0.29, 0.717) is 18.4 Å². The quantitative estimate of drug-likeness (QED) is 0.116. The maximum Gasteiger partial charge on any atom is 0.416 e. The van der Waals surface area contributed by atoms with Gasteiger partial charge in [-0.1, -0.05) is 12.1 Å². The second kappa shape index (κ2) is 14.3. The van der Waals surface area contributed by atoms with Gasteiger partial charge >= 0.3 is 12.1 Å². The van der Waals surface area contributed by atoms with Gasteiger partial charge < -0.3 is 20.7 Å². The number of aromatic nitrogens is 3. The van der Waals surface area contributed by atoms with E-state index < -0.39 is 58.7 Å². The second-order valence-corrected chi connectivity index (χ2v) is 13.7. The van der Waals surface area contributed by atoms with Gasteiger partial charge in [-0.25, -0.2) is 23.1 Å². The number of esters is 1. The standard InChI is InChI=1S/C38H33F5N6O5/c1-19-23-12-14-29(25(23)11-10-24(19)36(53)54-37(2,3)4)48-35(52)31-16-30(34(51)44-17-20-5-13-27(39)28(40)15-20)47-32-26(18-45-49(31)32)33(50)46-22-8-6-21(7-9-22)38(41,42)43/h5-11,13,15-16,18,29H,12,14,17H2,1-4H3,(H,44,51)(H,46,50)(H,48,52)/t29-/m0/s1. The van der Waals surface area contributed by atoms with Gasteiger partial charge in [0.15, 0.2) is 17.3 Å². The average Bonchev–Trinajstić information content (AvgIpc) is 3.72.